The highest BCUT2D eigenvalue weighted by Gasteiger charge is 2.21. The van der Waals surface area contributed by atoms with Crippen molar-refractivity contribution in [2.45, 2.75) is 30.4 Å². The lowest BCUT2D eigenvalue weighted by Crippen LogP contribution is -2.39. The van der Waals surface area contributed by atoms with Crippen LogP contribution in [0.1, 0.15) is 35.7 Å². The molecule has 1 saturated heterocycles. The highest BCUT2D eigenvalue weighted by molar-refractivity contribution is 7.98. The molecular weight excluding hydrogens is 302 g/mol. The molecule has 23 heavy (non-hydrogen) atoms. The molecule has 1 amide bonds. The number of carbonyl (C=O) groups is 1. The summed E-state index contributed by atoms with van der Waals surface area (Å²) < 4.78 is 0. The summed E-state index contributed by atoms with van der Waals surface area (Å²) in [6.07, 6.45) is 2.36. The Morgan fingerprint density at radius 3 is 2.57 bits per heavy atom. The van der Waals surface area contributed by atoms with Crippen molar-refractivity contribution in [3.63, 3.8) is 0 Å². The molecule has 1 atom stereocenters. The molecule has 2 aromatic rings. The van der Waals surface area contributed by atoms with E-state index < -0.39 is 0 Å². The molecule has 0 N–H and O–H groups in total. The zero-order chi connectivity index (χ0) is 16.1. The van der Waals surface area contributed by atoms with Crippen molar-refractivity contribution >= 4 is 17.7 Å². The first-order valence-corrected chi connectivity index (χ1v) is 9.27. The first-order valence-electron chi connectivity index (χ1n) is 8.28. The lowest BCUT2D eigenvalue weighted by Gasteiger charge is -2.31. The predicted molar refractivity (Wildman–Crippen MR) is 96.7 cm³/mol. The van der Waals surface area contributed by atoms with Crippen LogP contribution in [0.2, 0.25) is 0 Å². The van der Waals surface area contributed by atoms with Gasteiger partial charge >= 0.3 is 0 Å². The molecule has 0 saturated carbocycles. The van der Waals surface area contributed by atoms with E-state index in [-0.39, 0.29) is 5.91 Å². The maximum Gasteiger partial charge on any atom is 0.253 e. The summed E-state index contributed by atoms with van der Waals surface area (Å²) in [4.78, 5) is 15.8. The number of likely N-dealkylation sites (tertiary alicyclic amines) is 1. The summed E-state index contributed by atoms with van der Waals surface area (Å²) in [5, 5.41) is 0. The van der Waals surface area contributed by atoms with Crippen LogP contribution in [0.15, 0.2) is 59.5 Å². The minimum atomic E-state index is 0.179. The van der Waals surface area contributed by atoms with Gasteiger partial charge in [-0.05, 0) is 48.6 Å². The van der Waals surface area contributed by atoms with E-state index in [4.69, 9.17) is 0 Å². The fraction of sp³-hybridized carbons (Fsp3) is 0.350. The Kier molecular flexibility index (Phi) is 5.39. The summed E-state index contributed by atoms with van der Waals surface area (Å²) in [5.41, 5.74) is 2.06. The summed E-state index contributed by atoms with van der Waals surface area (Å²) >= 11 is 1.82. The number of hydrogen-bond donors (Lipinski definition) is 0. The molecule has 0 bridgehead atoms. The normalized spacial score (nSPS) is 18.0. The third-order valence-electron chi connectivity index (χ3n) is 4.29. The number of carbonyl (C=O) groups excluding carboxylic acids is 1. The topological polar surface area (TPSA) is 20.3 Å². The van der Waals surface area contributed by atoms with Crippen molar-refractivity contribution in [1.82, 2.24) is 4.90 Å². The first kappa shape index (κ1) is 16.1. The number of thioether (sulfide) groups is 1. The molecule has 3 heteroatoms. The third kappa shape index (κ3) is 4.38. The monoisotopic (exact) mass is 325 g/mol. The Morgan fingerprint density at radius 1 is 1.13 bits per heavy atom. The lowest BCUT2D eigenvalue weighted by molar-refractivity contribution is 0.0683. The van der Waals surface area contributed by atoms with Gasteiger partial charge in [-0.15, -0.1) is 11.8 Å². The summed E-state index contributed by atoms with van der Waals surface area (Å²) in [6, 6.07) is 18.5. The molecule has 1 heterocycles. The summed E-state index contributed by atoms with van der Waals surface area (Å²) in [6.45, 7) is 4.02. The highest BCUT2D eigenvalue weighted by atomic mass is 32.2. The zero-order valence-corrected chi connectivity index (χ0v) is 14.4. The molecule has 2 aromatic carbocycles. The standard InChI is InChI=1S/C20H23NOS/c1-16-6-5-13-21(14-16)20(22)18-11-9-17(10-12-18)15-23-19-7-3-2-4-8-19/h2-4,7-12,16H,5-6,13-15H2,1H3/t16-/m0/s1. The summed E-state index contributed by atoms with van der Waals surface area (Å²) in [5.74, 6) is 1.73. The van der Waals surface area contributed by atoms with Crippen molar-refractivity contribution in [1.29, 1.82) is 0 Å². The van der Waals surface area contributed by atoms with Crippen LogP contribution >= 0.6 is 11.8 Å². The average Bonchev–Trinajstić information content (AvgIpc) is 2.61. The van der Waals surface area contributed by atoms with E-state index in [0.717, 1.165) is 30.8 Å². The van der Waals surface area contributed by atoms with Crippen LogP contribution in [-0.2, 0) is 5.75 Å². The van der Waals surface area contributed by atoms with E-state index >= 15 is 0 Å². The van der Waals surface area contributed by atoms with Crippen LogP contribution in [0.25, 0.3) is 0 Å². The second-order valence-electron chi connectivity index (χ2n) is 6.30. The number of amides is 1. The van der Waals surface area contributed by atoms with Crippen molar-refractivity contribution in [3.05, 3.63) is 65.7 Å². The molecule has 1 fully saturated rings. The van der Waals surface area contributed by atoms with Gasteiger partial charge < -0.3 is 4.90 Å². The Labute approximate surface area is 142 Å². The third-order valence-corrected chi connectivity index (χ3v) is 5.38. The van der Waals surface area contributed by atoms with Crippen molar-refractivity contribution in [2.24, 2.45) is 5.92 Å². The first-order chi connectivity index (χ1) is 11.2. The number of nitrogens with zero attached hydrogens (tertiary/aromatic N) is 1. The van der Waals surface area contributed by atoms with Crippen LogP contribution in [0, 0.1) is 5.92 Å². The Balaban J connectivity index is 1.59. The molecule has 0 spiro atoms. The average molecular weight is 325 g/mol. The SMILES string of the molecule is C[C@H]1CCCN(C(=O)c2ccc(CSc3ccccc3)cc2)C1. The highest BCUT2D eigenvalue weighted by Crippen LogP contribution is 2.23. The molecule has 0 aromatic heterocycles. The molecule has 0 unspecified atom stereocenters. The van der Waals surface area contributed by atoms with Gasteiger partial charge in [0.15, 0.2) is 0 Å². The minimum absolute atomic E-state index is 0.179. The van der Waals surface area contributed by atoms with Gasteiger partial charge in [-0.25, -0.2) is 0 Å². The molecule has 1 aliphatic rings. The number of benzene rings is 2. The van der Waals surface area contributed by atoms with Gasteiger partial charge in [0.1, 0.15) is 0 Å². The quantitative estimate of drug-likeness (QED) is 0.749. The van der Waals surface area contributed by atoms with Gasteiger partial charge in [0.2, 0.25) is 0 Å². The van der Waals surface area contributed by atoms with Crippen LogP contribution in [-0.4, -0.2) is 23.9 Å². The van der Waals surface area contributed by atoms with Crippen LogP contribution in [0.4, 0.5) is 0 Å². The Bertz CT molecular complexity index is 638. The number of piperidine rings is 1. The Morgan fingerprint density at radius 2 is 1.87 bits per heavy atom. The smallest absolute Gasteiger partial charge is 0.253 e. The van der Waals surface area contributed by atoms with Crippen molar-refractivity contribution < 1.29 is 4.79 Å². The van der Waals surface area contributed by atoms with Crippen LogP contribution in [0.5, 0.6) is 0 Å². The van der Waals surface area contributed by atoms with E-state index in [1.165, 1.54) is 16.9 Å². The van der Waals surface area contributed by atoms with Crippen molar-refractivity contribution in [3.8, 4) is 0 Å². The maximum absolute atomic E-state index is 12.6. The lowest BCUT2D eigenvalue weighted by atomic mass is 9.99. The van der Waals surface area contributed by atoms with Gasteiger partial charge in [-0.2, -0.15) is 0 Å². The Hall–Kier alpha value is -1.74. The molecule has 120 valence electrons. The second kappa shape index (κ2) is 7.69. The number of rotatable bonds is 4. The number of hydrogen-bond acceptors (Lipinski definition) is 2. The van der Waals surface area contributed by atoms with Crippen LogP contribution < -0.4 is 0 Å². The van der Waals surface area contributed by atoms with E-state index in [2.05, 4.69) is 43.3 Å². The zero-order valence-electron chi connectivity index (χ0n) is 13.6. The maximum atomic E-state index is 12.6. The van der Waals surface area contributed by atoms with Gasteiger partial charge in [-0.3, -0.25) is 4.79 Å². The fourth-order valence-electron chi connectivity index (χ4n) is 2.98. The van der Waals surface area contributed by atoms with Gasteiger partial charge in [0.05, 0.1) is 0 Å². The minimum Gasteiger partial charge on any atom is -0.338 e. The van der Waals surface area contributed by atoms with E-state index in [0.29, 0.717) is 5.92 Å². The van der Waals surface area contributed by atoms with Crippen LogP contribution in [0.3, 0.4) is 0 Å². The molecule has 1 aliphatic heterocycles. The predicted octanol–water partition coefficient (Wildman–Crippen LogP) is 4.85. The fourth-order valence-corrected chi connectivity index (χ4v) is 3.86. The van der Waals surface area contributed by atoms with E-state index in [1.807, 2.05) is 34.9 Å². The van der Waals surface area contributed by atoms with Gasteiger partial charge in [0, 0.05) is 29.3 Å². The van der Waals surface area contributed by atoms with Crippen molar-refractivity contribution in [2.75, 3.05) is 13.1 Å². The van der Waals surface area contributed by atoms with E-state index in [1.54, 1.807) is 0 Å². The molecule has 0 aliphatic carbocycles. The molecule has 2 nitrogen and oxygen atoms in total. The van der Waals surface area contributed by atoms with Gasteiger partial charge in [-0.1, -0.05) is 37.3 Å². The molecular formula is C20H23NOS. The molecule has 0 radical (unpaired) electrons. The van der Waals surface area contributed by atoms with E-state index in [9.17, 15) is 4.79 Å². The van der Waals surface area contributed by atoms with Gasteiger partial charge in [0.25, 0.3) is 5.91 Å². The summed E-state index contributed by atoms with van der Waals surface area (Å²) in [7, 11) is 0. The second-order valence-corrected chi connectivity index (χ2v) is 7.35. The molecule has 3 rings (SSSR count). The largest absolute Gasteiger partial charge is 0.338 e.